The summed E-state index contributed by atoms with van der Waals surface area (Å²) in [5.74, 6) is 0. The van der Waals surface area contributed by atoms with Gasteiger partial charge in [-0.1, -0.05) is 17.8 Å². The zero-order valence-corrected chi connectivity index (χ0v) is 12.8. The van der Waals surface area contributed by atoms with Crippen LogP contribution in [0.5, 0.6) is 0 Å². The Morgan fingerprint density at radius 3 is 2.55 bits per heavy atom. The summed E-state index contributed by atoms with van der Waals surface area (Å²) in [6.45, 7) is 9.72. The molecule has 2 aromatic rings. The number of hydrogen-bond donors (Lipinski definition) is 1. The number of hydrogen-bond acceptors (Lipinski definition) is 4. The van der Waals surface area contributed by atoms with E-state index < -0.39 is 11.2 Å². The van der Waals surface area contributed by atoms with Crippen LogP contribution in [0.15, 0.2) is 27.4 Å². The van der Waals surface area contributed by atoms with Gasteiger partial charge in [0.15, 0.2) is 16.3 Å². The van der Waals surface area contributed by atoms with E-state index in [0.717, 1.165) is 0 Å². The lowest BCUT2D eigenvalue weighted by atomic mass is 10.4. The maximum absolute atomic E-state index is 12.1. The van der Waals surface area contributed by atoms with Crippen LogP contribution in [0.2, 0.25) is 0 Å². The molecule has 2 heterocycles. The number of imidazole rings is 1. The summed E-state index contributed by atoms with van der Waals surface area (Å²) in [6.07, 6.45) is 1.82. The van der Waals surface area contributed by atoms with Gasteiger partial charge in [-0.15, -0.1) is 6.58 Å². The Hall–Kier alpha value is -1.76. The van der Waals surface area contributed by atoms with Gasteiger partial charge in [-0.25, -0.2) is 9.78 Å². The summed E-state index contributed by atoms with van der Waals surface area (Å²) in [4.78, 5) is 30.5. The van der Waals surface area contributed by atoms with E-state index in [1.165, 1.54) is 16.3 Å². The minimum Gasteiger partial charge on any atom is -0.311 e. The summed E-state index contributed by atoms with van der Waals surface area (Å²) >= 11 is 1.51. The number of thioether (sulfide) groups is 1. The van der Waals surface area contributed by atoms with Crippen LogP contribution in [0.1, 0.15) is 26.8 Å². The second kappa shape index (κ2) is 5.32. The third kappa shape index (κ3) is 2.33. The normalized spacial score (nSPS) is 13.1. The van der Waals surface area contributed by atoms with Gasteiger partial charge in [0.05, 0.1) is 0 Å². The summed E-state index contributed by atoms with van der Waals surface area (Å²) in [5, 5.41) is 0.884. The molecule has 2 rings (SSSR count). The highest BCUT2D eigenvalue weighted by atomic mass is 32.2. The fourth-order valence-corrected chi connectivity index (χ4v) is 2.94. The molecule has 0 radical (unpaired) electrons. The van der Waals surface area contributed by atoms with Crippen molar-refractivity contribution in [2.75, 3.05) is 0 Å². The SMILES string of the molecule is C=C[C@@H](C)Sc1nc2c(c(=O)[nH]c(=O)n2C)n1C(C)C. The van der Waals surface area contributed by atoms with Crippen LogP contribution in [0.4, 0.5) is 0 Å². The molecule has 0 spiro atoms. The molecule has 0 amide bonds. The maximum Gasteiger partial charge on any atom is 0.329 e. The highest BCUT2D eigenvalue weighted by molar-refractivity contribution is 7.99. The van der Waals surface area contributed by atoms with Crippen molar-refractivity contribution in [1.29, 1.82) is 0 Å². The third-order valence-corrected chi connectivity index (χ3v) is 4.12. The molecule has 0 saturated heterocycles. The largest absolute Gasteiger partial charge is 0.329 e. The number of H-pyrrole nitrogens is 1. The molecule has 0 unspecified atom stereocenters. The first kappa shape index (κ1) is 14.6. The van der Waals surface area contributed by atoms with E-state index in [9.17, 15) is 9.59 Å². The first-order valence-electron chi connectivity index (χ1n) is 6.37. The topological polar surface area (TPSA) is 72.7 Å². The van der Waals surface area contributed by atoms with Crippen LogP contribution in [-0.4, -0.2) is 24.4 Å². The van der Waals surface area contributed by atoms with E-state index >= 15 is 0 Å². The predicted octanol–water partition coefficient (Wildman–Crippen LogP) is 1.67. The Morgan fingerprint density at radius 2 is 2.00 bits per heavy atom. The molecule has 20 heavy (non-hydrogen) atoms. The minimum absolute atomic E-state index is 0.0677. The molecule has 0 bridgehead atoms. The van der Waals surface area contributed by atoms with Gasteiger partial charge in [0.25, 0.3) is 5.56 Å². The van der Waals surface area contributed by atoms with Crippen LogP contribution in [-0.2, 0) is 7.05 Å². The van der Waals surface area contributed by atoms with E-state index in [1.54, 1.807) is 7.05 Å². The van der Waals surface area contributed by atoms with Gasteiger partial charge in [0.1, 0.15) is 0 Å². The summed E-state index contributed by atoms with van der Waals surface area (Å²) in [6, 6.07) is 0.0677. The van der Waals surface area contributed by atoms with Crippen molar-refractivity contribution >= 4 is 22.9 Å². The zero-order chi connectivity index (χ0) is 15.0. The molecule has 1 N–H and O–H groups in total. The Bertz CT molecular complexity index is 769. The molecule has 0 aliphatic heterocycles. The van der Waals surface area contributed by atoms with Crippen LogP contribution in [0.25, 0.3) is 11.2 Å². The summed E-state index contributed by atoms with van der Waals surface area (Å²) in [5.41, 5.74) is -0.0151. The fourth-order valence-electron chi connectivity index (χ4n) is 1.96. The molecule has 0 saturated carbocycles. The van der Waals surface area contributed by atoms with E-state index in [4.69, 9.17) is 0 Å². The molecular weight excluding hydrogens is 276 g/mol. The molecular formula is C13H18N4O2S. The number of nitrogens with one attached hydrogen (secondary N) is 1. The fraction of sp³-hybridized carbons (Fsp3) is 0.462. The molecule has 0 aliphatic rings. The lowest BCUT2D eigenvalue weighted by Crippen LogP contribution is -2.29. The van der Waals surface area contributed by atoms with Crippen molar-refractivity contribution in [1.82, 2.24) is 19.1 Å². The average molecular weight is 294 g/mol. The smallest absolute Gasteiger partial charge is 0.311 e. The Labute approximate surface area is 120 Å². The second-order valence-electron chi connectivity index (χ2n) is 4.91. The summed E-state index contributed by atoms with van der Waals surface area (Å²) in [7, 11) is 1.60. The Balaban J connectivity index is 2.83. The van der Waals surface area contributed by atoms with Crippen molar-refractivity contribution in [2.45, 2.75) is 37.2 Å². The van der Waals surface area contributed by atoms with Crippen LogP contribution < -0.4 is 11.2 Å². The van der Waals surface area contributed by atoms with E-state index in [-0.39, 0.29) is 11.3 Å². The van der Waals surface area contributed by atoms with Crippen LogP contribution in [0.3, 0.4) is 0 Å². The van der Waals surface area contributed by atoms with Crippen molar-refractivity contribution < 1.29 is 0 Å². The Morgan fingerprint density at radius 1 is 1.35 bits per heavy atom. The van der Waals surface area contributed by atoms with Crippen LogP contribution >= 0.6 is 11.8 Å². The molecule has 0 aromatic carbocycles. The molecule has 0 aliphatic carbocycles. The quantitative estimate of drug-likeness (QED) is 0.687. The van der Waals surface area contributed by atoms with Gasteiger partial charge in [-0.05, 0) is 20.8 Å². The monoisotopic (exact) mass is 294 g/mol. The third-order valence-electron chi connectivity index (χ3n) is 3.06. The lowest BCUT2D eigenvalue weighted by Gasteiger charge is -2.13. The Kier molecular flexibility index (Phi) is 3.89. The predicted molar refractivity (Wildman–Crippen MR) is 81.5 cm³/mol. The van der Waals surface area contributed by atoms with Gasteiger partial charge < -0.3 is 4.57 Å². The molecule has 7 heteroatoms. The van der Waals surface area contributed by atoms with Gasteiger partial charge in [-0.2, -0.15) is 0 Å². The zero-order valence-electron chi connectivity index (χ0n) is 12.0. The highest BCUT2D eigenvalue weighted by Gasteiger charge is 2.20. The molecule has 108 valence electrons. The molecule has 1 atom stereocenters. The van der Waals surface area contributed by atoms with E-state index in [0.29, 0.717) is 16.3 Å². The first-order chi connectivity index (χ1) is 9.36. The number of fused-ring (bicyclic) bond motifs is 1. The number of aryl methyl sites for hydroxylation is 1. The summed E-state index contributed by atoms with van der Waals surface area (Å²) < 4.78 is 3.22. The molecule has 6 nitrogen and oxygen atoms in total. The maximum atomic E-state index is 12.1. The standard InChI is InChI=1S/C13H18N4O2S/c1-6-8(4)20-13-14-10-9(17(13)7(2)3)11(18)15-12(19)16(10)5/h6-8H,1H2,2-5H3,(H,15,18,19)/t8-/m1/s1. The van der Waals surface area contributed by atoms with Gasteiger partial charge in [0.2, 0.25) is 0 Å². The number of rotatable bonds is 4. The average Bonchev–Trinajstić information content (AvgIpc) is 2.75. The minimum atomic E-state index is -0.454. The first-order valence-corrected chi connectivity index (χ1v) is 7.25. The van der Waals surface area contributed by atoms with Gasteiger partial charge in [0, 0.05) is 18.3 Å². The van der Waals surface area contributed by atoms with Gasteiger partial charge >= 0.3 is 5.69 Å². The number of nitrogens with zero attached hydrogens (tertiary/aromatic N) is 3. The second-order valence-corrected chi connectivity index (χ2v) is 6.25. The van der Waals surface area contributed by atoms with Crippen molar-refractivity contribution in [3.63, 3.8) is 0 Å². The van der Waals surface area contributed by atoms with Gasteiger partial charge in [-0.3, -0.25) is 14.3 Å². The number of aromatic amines is 1. The van der Waals surface area contributed by atoms with Crippen molar-refractivity contribution in [3.05, 3.63) is 33.5 Å². The van der Waals surface area contributed by atoms with E-state index in [2.05, 4.69) is 16.5 Å². The van der Waals surface area contributed by atoms with Crippen LogP contribution in [0, 0.1) is 0 Å². The lowest BCUT2D eigenvalue weighted by molar-refractivity contribution is 0.564. The number of aromatic nitrogens is 4. The molecule has 0 fully saturated rings. The van der Waals surface area contributed by atoms with Crippen molar-refractivity contribution in [2.24, 2.45) is 7.05 Å². The molecule has 2 aromatic heterocycles. The van der Waals surface area contributed by atoms with E-state index in [1.807, 2.05) is 31.4 Å². The van der Waals surface area contributed by atoms with Crippen molar-refractivity contribution in [3.8, 4) is 0 Å². The highest BCUT2D eigenvalue weighted by Crippen LogP contribution is 2.28.